The van der Waals surface area contributed by atoms with Gasteiger partial charge in [0.05, 0.1) is 0 Å². The van der Waals surface area contributed by atoms with Crippen molar-refractivity contribution in [3.05, 3.63) is 48.2 Å². The molecule has 2 nitrogen and oxygen atoms in total. The average Bonchev–Trinajstić information content (AvgIpc) is 2.26. The van der Waals surface area contributed by atoms with E-state index >= 15 is 0 Å². The molecular formula is C13H16BNO. The smallest absolute Gasteiger partial charge is 0.323 e. The largest absolute Gasteiger partial charge is 0.389 e. The lowest BCUT2D eigenvalue weighted by atomic mass is 9.49. The first kappa shape index (κ1) is 11.0. The molecule has 0 unspecified atom stereocenters. The molecule has 0 aliphatic carbocycles. The predicted octanol–water partition coefficient (Wildman–Crippen LogP) is 2.51. The first-order valence-electron chi connectivity index (χ1n) is 5.56. The van der Waals surface area contributed by atoms with Crippen LogP contribution in [-0.4, -0.2) is 17.4 Å². The lowest BCUT2D eigenvalue weighted by Crippen LogP contribution is -2.40. The lowest BCUT2D eigenvalue weighted by Gasteiger charge is -2.30. The highest BCUT2D eigenvalue weighted by Gasteiger charge is 2.34. The highest BCUT2D eigenvalue weighted by atomic mass is 16.1. The van der Waals surface area contributed by atoms with Crippen molar-refractivity contribution in [3.63, 3.8) is 0 Å². The fourth-order valence-electron chi connectivity index (χ4n) is 1.90. The Morgan fingerprint density at radius 3 is 2.56 bits per heavy atom. The number of rotatable bonds is 1. The van der Waals surface area contributed by atoms with Gasteiger partial charge in [-0.25, -0.2) is 0 Å². The van der Waals surface area contributed by atoms with Crippen LogP contribution in [0.5, 0.6) is 0 Å². The number of ketones is 1. The van der Waals surface area contributed by atoms with Crippen molar-refractivity contribution in [1.82, 2.24) is 4.81 Å². The molecule has 3 heteroatoms. The van der Waals surface area contributed by atoms with E-state index in [-0.39, 0.29) is 18.0 Å². The number of Topliss-reactive ketones (excluding diaryl/α,β-unsaturated/α-hetero) is 1. The van der Waals surface area contributed by atoms with E-state index in [4.69, 9.17) is 0 Å². The number of nitrogens with zero attached hydrogens (tertiary/aromatic N) is 1. The summed E-state index contributed by atoms with van der Waals surface area (Å²) in [6, 6.07) is 0. The standard InChI is InChI=1S/C13H16BNO/c1-13(2,3)12(16)11-7-6-10-15-9-5-4-8-14(11)15/h4-10H,1-3H3. The Kier molecular flexibility index (Phi) is 2.62. The van der Waals surface area contributed by atoms with E-state index in [2.05, 4.69) is 10.8 Å². The average molecular weight is 213 g/mol. The number of hydrogen-bond acceptors (Lipinski definition) is 2. The Morgan fingerprint density at radius 2 is 1.88 bits per heavy atom. The molecule has 0 saturated carbocycles. The second kappa shape index (κ2) is 3.82. The Balaban J connectivity index is 2.32. The zero-order chi connectivity index (χ0) is 11.8. The van der Waals surface area contributed by atoms with Crippen LogP contribution in [-0.2, 0) is 4.79 Å². The van der Waals surface area contributed by atoms with Gasteiger partial charge in [-0.2, -0.15) is 0 Å². The van der Waals surface area contributed by atoms with Gasteiger partial charge in [-0.3, -0.25) is 4.79 Å². The second-order valence-corrected chi connectivity index (χ2v) is 5.16. The monoisotopic (exact) mass is 213 g/mol. The molecular weight excluding hydrogens is 197 g/mol. The highest BCUT2D eigenvalue weighted by molar-refractivity contribution is 6.75. The Hall–Kier alpha value is -1.51. The zero-order valence-electron chi connectivity index (χ0n) is 9.97. The lowest BCUT2D eigenvalue weighted by molar-refractivity contribution is -0.121. The third-order valence-electron chi connectivity index (χ3n) is 2.78. The number of carbonyl (C=O) groups is 1. The van der Waals surface area contributed by atoms with E-state index in [1.165, 1.54) is 0 Å². The van der Waals surface area contributed by atoms with Gasteiger partial charge < -0.3 is 4.81 Å². The van der Waals surface area contributed by atoms with Gasteiger partial charge >= 0.3 is 6.85 Å². The maximum atomic E-state index is 12.3. The summed E-state index contributed by atoms with van der Waals surface area (Å²) >= 11 is 0. The van der Waals surface area contributed by atoms with Crippen LogP contribution >= 0.6 is 0 Å². The van der Waals surface area contributed by atoms with Crippen LogP contribution < -0.4 is 0 Å². The quantitative estimate of drug-likeness (QED) is 0.623. The molecule has 0 radical (unpaired) electrons. The van der Waals surface area contributed by atoms with Gasteiger partial charge in [0.25, 0.3) is 0 Å². The van der Waals surface area contributed by atoms with Gasteiger partial charge in [-0.05, 0) is 30.0 Å². The fourth-order valence-corrected chi connectivity index (χ4v) is 1.90. The van der Waals surface area contributed by atoms with Gasteiger partial charge in [0.1, 0.15) is 0 Å². The summed E-state index contributed by atoms with van der Waals surface area (Å²) in [5.41, 5.74) is 0.549. The molecule has 0 aromatic heterocycles. The molecule has 2 rings (SSSR count). The first-order valence-corrected chi connectivity index (χ1v) is 5.56. The molecule has 0 saturated heterocycles. The Bertz CT molecular complexity index is 424. The van der Waals surface area contributed by atoms with E-state index in [0.717, 1.165) is 5.47 Å². The summed E-state index contributed by atoms with van der Waals surface area (Å²) in [5.74, 6) is 2.27. The molecule has 0 amide bonds. The molecule has 0 bridgehead atoms. The number of allylic oxidation sites excluding steroid dienone is 5. The van der Waals surface area contributed by atoms with Crippen LogP contribution in [0, 0.1) is 5.41 Å². The highest BCUT2D eigenvalue weighted by Crippen LogP contribution is 2.26. The van der Waals surface area contributed by atoms with Crippen molar-refractivity contribution in [2.45, 2.75) is 20.8 Å². The van der Waals surface area contributed by atoms with Crippen LogP contribution in [0.4, 0.5) is 0 Å². The minimum atomic E-state index is -0.322. The maximum Gasteiger partial charge on any atom is 0.323 e. The second-order valence-electron chi connectivity index (χ2n) is 5.16. The van der Waals surface area contributed by atoms with E-state index < -0.39 is 0 Å². The van der Waals surface area contributed by atoms with Crippen LogP contribution in [0.3, 0.4) is 0 Å². The molecule has 0 aromatic carbocycles. The third-order valence-corrected chi connectivity index (χ3v) is 2.78. The molecule has 0 N–H and O–H groups in total. The molecule has 2 aliphatic heterocycles. The van der Waals surface area contributed by atoms with E-state index in [0.29, 0.717) is 0 Å². The first-order chi connectivity index (χ1) is 7.50. The van der Waals surface area contributed by atoms with Crippen LogP contribution in [0.1, 0.15) is 20.8 Å². The van der Waals surface area contributed by atoms with Crippen molar-refractivity contribution < 1.29 is 4.79 Å². The van der Waals surface area contributed by atoms with E-state index in [1.54, 1.807) is 0 Å². The zero-order valence-corrected chi connectivity index (χ0v) is 9.97. The van der Waals surface area contributed by atoms with Gasteiger partial charge in [0, 0.05) is 5.41 Å². The predicted molar refractivity (Wildman–Crippen MR) is 67.6 cm³/mol. The van der Waals surface area contributed by atoms with Crippen molar-refractivity contribution in [2.75, 3.05) is 0 Å². The van der Waals surface area contributed by atoms with E-state index in [9.17, 15) is 4.79 Å². The molecule has 2 aliphatic rings. The summed E-state index contributed by atoms with van der Waals surface area (Å²) in [4.78, 5) is 14.3. The molecule has 2 heterocycles. The summed E-state index contributed by atoms with van der Waals surface area (Å²) in [6.45, 7) is 5.95. The normalized spacial score (nSPS) is 18.6. The topological polar surface area (TPSA) is 20.3 Å². The minimum absolute atomic E-state index is 0.0710. The van der Waals surface area contributed by atoms with Gasteiger partial charge in [-0.15, -0.1) is 0 Å². The van der Waals surface area contributed by atoms with Crippen molar-refractivity contribution in [1.29, 1.82) is 0 Å². The Labute approximate surface area is 97.1 Å². The number of carbonyl (C=O) groups excluding carboxylic acids is 1. The minimum Gasteiger partial charge on any atom is -0.389 e. The summed E-state index contributed by atoms with van der Waals surface area (Å²) in [7, 11) is 0. The van der Waals surface area contributed by atoms with Gasteiger partial charge in [-0.1, -0.05) is 38.9 Å². The van der Waals surface area contributed by atoms with Crippen molar-refractivity contribution in [3.8, 4) is 0 Å². The number of fused-ring (bicyclic) bond motifs is 1. The van der Waals surface area contributed by atoms with Gasteiger partial charge in [0.2, 0.25) is 0 Å². The van der Waals surface area contributed by atoms with Crippen molar-refractivity contribution >= 4 is 12.6 Å². The van der Waals surface area contributed by atoms with Gasteiger partial charge in [0.15, 0.2) is 5.78 Å². The molecule has 82 valence electrons. The molecule has 16 heavy (non-hydrogen) atoms. The SMILES string of the molecule is CC(C)(C)C(=O)C1=CC=CN2C=CC=CB12. The summed E-state index contributed by atoms with van der Waals surface area (Å²) < 4.78 is 0. The van der Waals surface area contributed by atoms with Crippen LogP contribution in [0.2, 0.25) is 0 Å². The summed E-state index contributed by atoms with van der Waals surface area (Å²) in [6.07, 6.45) is 11.8. The fraction of sp³-hybridized carbons (Fsp3) is 0.308. The summed E-state index contributed by atoms with van der Waals surface area (Å²) in [5, 5.41) is 0. The van der Waals surface area contributed by atoms with E-state index in [1.807, 2.05) is 57.5 Å². The Morgan fingerprint density at radius 1 is 1.19 bits per heavy atom. The maximum absolute atomic E-state index is 12.3. The molecule has 0 aromatic rings. The third kappa shape index (κ3) is 1.90. The van der Waals surface area contributed by atoms with Crippen LogP contribution in [0.15, 0.2) is 48.2 Å². The number of hydrogen-bond donors (Lipinski definition) is 0. The molecule has 0 fully saturated rings. The van der Waals surface area contributed by atoms with Crippen LogP contribution in [0.25, 0.3) is 0 Å². The molecule has 0 atom stereocenters. The molecule has 0 spiro atoms. The van der Waals surface area contributed by atoms with Crippen molar-refractivity contribution in [2.24, 2.45) is 5.41 Å².